The average Bonchev–Trinajstić information content (AvgIpc) is 3.09. The smallest absolute Gasteiger partial charge is 0.0967 e. The predicted molar refractivity (Wildman–Crippen MR) is 83.1 cm³/mol. The molecule has 0 spiro atoms. The van der Waals surface area contributed by atoms with Gasteiger partial charge in [-0.05, 0) is 27.2 Å². The Labute approximate surface area is 127 Å². The minimum absolute atomic E-state index is 0.0135. The number of likely N-dealkylation sites (tertiary alicyclic amines) is 1. The van der Waals surface area contributed by atoms with E-state index >= 15 is 0 Å². The van der Waals surface area contributed by atoms with Crippen molar-refractivity contribution in [1.29, 1.82) is 0 Å². The fourth-order valence-electron chi connectivity index (χ4n) is 3.23. The lowest BCUT2D eigenvalue weighted by Gasteiger charge is -2.32. The van der Waals surface area contributed by atoms with E-state index in [1.807, 2.05) is 4.68 Å². The van der Waals surface area contributed by atoms with Gasteiger partial charge in [0.15, 0.2) is 0 Å². The van der Waals surface area contributed by atoms with Crippen molar-refractivity contribution >= 4 is 0 Å². The van der Waals surface area contributed by atoms with Crippen molar-refractivity contribution in [2.45, 2.75) is 45.3 Å². The summed E-state index contributed by atoms with van der Waals surface area (Å²) in [5.41, 5.74) is 1.10. The van der Waals surface area contributed by atoms with Gasteiger partial charge in [-0.3, -0.25) is 9.80 Å². The third-order valence-corrected chi connectivity index (χ3v) is 4.53. The van der Waals surface area contributed by atoms with Crippen molar-refractivity contribution < 1.29 is 0 Å². The van der Waals surface area contributed by atoms with E-state index in [2.05, 4.69) is 52.4 Å². The maximum Gasteiger partial charge on any atom is 0.0967 e. The fourth-order valence-corrected chi connectivity index (χ4v) is 3.23. The third kappa shape index (κ3) is 3.62. The Bertz CT molecular complexity index is 457. The molecule has 3 rings (SSSR count). The van der Waals surface area contributed by atoms with Gasteiger partial charge in [-0.2, -0.15) is 0 Å². The standard InChI is InChI=1S/C15H28N6/c1-15(2,3)21-11-13(17-18-21)10-19-7-4-14(12-19)20-8-5-16-6-9-20/h11,14,16H,4-10,12H2,1-3H3. The van der Waals surface area contributed by atoms with Crippen LogP contribution in [0.15, 0.2) is 6.20 Å². The van der Waals surface area contributed by atoms with Gasteiger partial charge in [-0.1, -0.05) is 5.21 Å². The molecule has 0 amide bonds. The van der Waals surface area contributed by atoms with Crippen molar-refractivity contribution in [3.63, 3.8) is 0 Å². The maximum absolute atomic E-state index is 4.33. The number of hydrogen-bond donors (Lipinski definition) is 1. The first-order chi connectivity index (χ1) is 10.0. The van der Waals surface area contributed by atoms with Crippen molar-refractivity contribution in [1.82, 2.24) is 30.1 Å². The van der Waals surface area contributed by atoms with Crippen LogP contribution in [-0.4, -0.2) is 70.1 Å². The van der Waals surface area contributed by atoms with Crippen LogP contribution >= 0.6 is 0 Å². The van der Waals surface area contributed by atoms with Gasteiger partial charge in [0, 0.05) is 51.9 Å². The minimum Gasteiger partial charge on any atom is -0.314 e. The molecule has 0 bridgehead atoms. The predicted octanol–water partition coefficient (Wildman–Crippen LogP) is 0.513. The third-order valence-electron chi connectivity index (χ3n) is 4.53. The summed E-state index contributed by atoms with van der Waals surface area (Å²) < 4.78 is 1.96. The lowest BCUT2D eigenvalue weighted by Crippen LogP contribution is -2.49. The summed E-state index contributed by atoms with van der Waals surface area (Å²) in [5.74, 6) is 0. The lowest BCUT2D eigenvalue weighted by molar-refractivity contribution is 0.170. The van der Waals surface area contributed by atoms with Gasteiger partial charge in [0.25, 0.3) is 0 Å². The van der Waals surface area contributed by atoms with Crippen LogP contribution in [0.5, 0.6) is 0 Å². The summed E-state index contributed by atoms with van der Waals surface area (Å²) in [5, 5.41) is 12.0. The van der Waals surface area contributed by atoms with E-state index in [0.29, 0.717) is 0 Å². The van der Waals surface area contributed by atoms with Gasteiger partial charge in [0.1, 0.15) is 0 Å². The van der Waals surface area contributed by atoms with Gasteiger partial charge in [-0.25, -0.2) is 4.68 Å². The molecule has 6 heteroatoms. The second kappa shape index (κ2) is 6.02. The normalized spacial score (nSPS) is 25.6. The fraction of sp³-hybridized carbons (Fsp3) is 0.867. The first-order valence-corrected chi connectivity index (χ1v) is 8.11. The van der Waals surface area contributed by atoms with Crippen LogP contribution in [0.4, 0.5) is 0 Å². The summed E-state index contributed by atoms with van der Waals surface area (Å²) in [6.07, 6.45) is 3.38. The number of nitrogens with one attached hydrogen (secondary N) is 1. The van der Waals surface area contributed by atoms with Crippen molar-refractivity contribution in [2.24, 2.45) is 0 Å². The molecule has 2 saturated heterocycles. The largest absolute Gasteiger partial charge is 0.314 e. The molecule has 0 aliphatic carbocycles. The lowest BCUT2D eigenvalue weighted by atomic mass is 10.1. The highest BCUT2D eigenvalue weighted by Crippen LogP contribution is 2.19. The molecule has 1 unspecified atom stereocenters. The number of rotatable bonds is 3. The van der Waals surface area contributed by atoms with Gasteiger partial charge in [-0.15, -0.1) is 5.10 Å². The summed E-state index contributed by atoms with van der Waals surface area (Å²) >= 11 is 0. The maximum atomic E-state index is 4.33. The first-order valence-electron chi connectivity index (χ1n) is 8.11. The van der Waals surface area contributed by atoms with Crippen LogP contribution in [0.25, 0.3) is 0 Å². The van der Waals surface area contributed by atoms with Crippen LogP contribution < -0.4 is 5.32 Å². The molecule has 118 valence electrons. The molecule has 0 aromatic carbocycles. The van der Waals surface area contributed by atoms with E-state index in [1.54, 1.807) is 0 Å². The second-order valence-corrected chi connectivity index (χ2v) is 7.29. The number of aromatic nitrogens is 3. The highest BCUT2D eigenvalue weighted by molar-refractivity contribution is 4.97. The van der Waals surface area contributed by atoms with Crippen LogP contribution in [0, 0.1) is 0 Å². The monoisotopic (exact) mass is 292 g/mol. The highest BCUT2D eigenvalue weighted by atomic mass is 15.4. The number of hydrogen-bond acceptors (Lipinski definition) is 5. The second-order valence-electron chi connectivity index (χ2n) is 7.29. The first kappa shape index (κ1) is 14.9. The van der Waals surface area contributed by atoms with E-state index < -0.39 is 0 Å². The van der Waals surface area contributed by atoms with E-state index in [4.69, 9.17) is 0 Å². The Balaban J connectivity index is 1.53. The Morgan fingerprint density at radius 3 is 2.67 bits per heavy atom. The quantitative estimate of drug-likeness (QED) is 0.880. The molecule has 1 N–H and O–H groups in total. The summed E-state index contributed by atoms with van der Waals surface area (Å²) in [7, 11) is 0. The molecule has 1 atom stereocenters. The number of piperazine rings is 1. The van der Waals surface area contributed by atoms with Crippen molar-refractivity contribution in [2.75, 3.05) is 39.3 Å². The van der Waals surface area contributed by atoms with Gasteiger partial charge in [0.05, 0.1) is 17.4 Å². The molecular formula is C15H28N6. The molecule has 2 fully saturated rings. The van der Waals surface area contributed by atoms with E-state index in [0.717, 1.165) is 31.4 Å². The molecule has 2 aliphatic rings. The summed E-state index contributed by atoms with van der Waals surface area (Å²) in [6.45, 7) is 14.4. The molecule has 6 nitrogen and oxygen atoms in total. The van der Waals surface area contributed by atoms with Crippen LogP contribution in [0.1, 0.15) is 32.9 Å². The van der Waals surface area contributed by atoms with E-state index in [1.165, 1.54) is 32.6 Å². The molecule has 21 heavy (non-hydrogen) atoms. The van der Waals surface area contributed by atoms with Crippen LogP contribution in [-0.2, 0) is 12.1 Å². The molecule has 2 aliphatic heterocycles. The zero-order valence-corrected chi connectivity index (χ0v) is 13.5. The topological polar surface area (TPSA) is 49.2 Å². The summed E-state index contributed by atoms with van der Waals surface area (Å²) in [4.78, 5) is 5.16. The molecule has 3 heterocycles. The Morgan fingerprint density at radius 2 is 2.00 bits per heavy atom. The molecule has 1 aromatic rings. The summed E-state index contributed by atoms with van der Waals surface area (Å²) in [6, 6.07) is 0.727. The van der Waals surface area contributed by atoms with Gasteiger partial charge < -0.3 is 5.32 Å². The van der Waals surface area contributed by atoms with Gasteiger partial charge >= 0.3 is 0 Å². The molecule has 1 aromatic heterocycles. The molecule has 0 radical (unpaired) electrons. The molecule has 0 saturated carbocycles. The SMILES string of the molecule is CC(C)(C)n1cc(CN2CCC(N3CCNCC3)C2)nn1. The molecular weight excluding hydrogens is 264 g/mol. The Kier molecular flexibility index (Phi) is 4.28. The Morgan fingerprint density at radius 1 is 1.24 bits per heavy atom. The van der Waals surface area contributed by atoms with E-state index in [9.17, 15) is 0 Å². The zero-order valence-electron chi connectivity index (χ0n) is 13.5. The van der Waals surface area contributed by atoms with Crippen molar-refractivity contribution in [3.8, 4) is 0 Å². The minimum atomic E-state index is 0.0135. The highest BCUT2D eigenvalue weighted by Gasteiger charge is 2.28. The number of nitrogens with zero attached hydrogens (tertiary/aromatic N) is 5. The van der Waals surface area contributed by atoms with Crippen molar-refractivity contribution in [3.05, 3.63) is 11.9 Å². The average molecular weight is 292 g/mol. The van der Waals surface area contributed by atoms with Gasteiger partial charge in [0.2, 0.25) is 0 Å². The Hall–Kier alpha value is -0.980. The zero-order chi connectivity index (χ0) is 14.9. The van der Waals surface area contributed by atoms with Crippen LogP contribution in [0.3, 0.4) is 0 Å². The van der Waals surface area contributed by atoms with Crippen LogP contribution in [0.2, 0.25) is 0 Å². The van der Waals surface area contributed by atoms with E-state index in [-0.39, 0.29) is 5.54 Å².